The molecule has 2 N–H and O–H groups in total. The number of carbonyl (C=O) groups is 2. The van der Waals surface area contributed by atoms with Crippen molar-refractivity contribution >= 4 is 38.6 Å². The second-order valence-corrected chi connectivity index (χ2v) is 9.09. The van der Waals surface area contributed by atoms with Gasteiger partial charge in [-0.25, -0.2) is 4.98 Å². The van der Waals surface area contributed by atoms with Gasteiger partial charge in [0.2, 0.25) is 11.8 Å². The number of hydrogen-bond acceptors (Lipinski definition) is 8. The number of rotatable bonds is 7. The van der Waals surface area contributed by atoms with E-state index in [1.54, 1.807) is 12.1 Å². The van der Waals surface area contributed by atoms with Gasteiger partial charge in [0.15, 0.2) is 10.8 Å². The lowest BCUT2D eigenvalue weighted by molar-refractivity contribution is -0.126. The third-order valence-electron chi connectivity index (χ3n) is 5.29. The van der Waals surface area contributed by atoms with Crippen LogP contribution in [0.2, 0.25) is 0 Å². The van der Waals surface area contributed by atoms with Crippen molar-refractivity contribution in [2.24, 2.45) is 5.92 Å². The minimum Gasteiger partial charge on any atom is -0.467 e. The Morgan fingerprint density at radius 3 is 2.78 bits per heavy atom. The van der Waals surface area contributed by atoms with Crippen molar-refractivity contribution < 1.29 is 14.0 Å². The van der Waals surface area contributed by atoms with E-state index in [2.05, 4.69) is 25.5 Å². The third kappa shape index (κ3) is 4.98. The van der Waals surface area contributed by atoms with Crippen LogP contribution >= 0.6 is 11.3 Å². The highest BCUT2D eigenvalue weighted by Gasteiger charge is 2.27. The van der Waals surface area contributed by atoms with E-state index in [4.69, 9.17) is 4.42 Å². The first-order chi connectivity index (χ1) is 15.4. The topological polar surface area (TPSA) is 122 Å². The first-order valence-corrected chi connectivity index (χ1v) is 11.4. The summed E-state index contributed by atoms with van der Waals surface area (Å²) >= 11 is 1.28. The summed E-state index contributed by atoms with van der Waals surface area (Å²) in [5.74, 6) is 0.421. The number of fused-ring (bicyclic) bond motifs is 1. The third-order valence-corrected chi connectivity index (χ3v) is 6.39. The minimum atomic E-state index is -0.309. The Morgan fingerprint density at radius 2 is 2.09 bits per heavy atom. The van der Waals surface area contributed by atoms with E-state index < -0.39 is 0 Å². The number of amides is 2. The Labute approximate surface area is 188 Å². The first-order valence-electron chi connectivity index (χ1n) is 10.6. The second kappa shape index (κ2) is 9.51. The van der Waals surface area contributed by atoms with Crippen molar-refractivity contribution in [1.82, 2.24) is 25.2 Å². The highest BCUT2D eigenvalue weighted by atomic mass is 32.1. The number of nitrogens with one attached hydrogen (secondary N) is 2. The molecule has 0 spiro atoms. The van der Waals surface area contributed by atoms with Gasteiger partial charge in [0.05, 0.1) is 12.8 Å². The molecule has 1 fully saturated rings. The van der Waals surface area contributed by atoms with Gasteiger partial charge in [0, 0.05) is 25.0 Å². The summed E-state index contributed by atoms with van der Waals surface area (Å²) in [6, 6.07) is 3.64. The predicted octanol–water partition coefficient (Wildman–Crippen LogP) is 1.50. The number of hydrogen-bond donors (Lipinski definition) is 2. The Hall–Kier alpha value is -3.21. The van der Waals surface area contributed by atoms with E-state index in [1.807, 2.05) is 13.8 Å². The molecule has 0 unspecified atom stereocenters. The highest BCUT2D eigenvalue weighted by molar-refractivity contribution is 7.22. The summed E-state index contributed by atoms with van der Waals surface area (Å²) in [5, 5.41) is 6.40. The zero-order valence-electron chi connectivity index (χ0n) is 18.0. The number of anilines is 1. The summed E-state index contributed by atoms with van der Waals surface area (Å²) < 4.78 is 6.88. The van der Waals surface area contributed by atoms with Gasteiger partial charge >= 0.3 is 0 Å². The molecule has 3 aromatic rings. The minimum absolute atomic E-state index is 0.00179. The molecular formula is C21H26N6O4S. The Morgan fingerprint density at radius 1 is 1.31 bits per heavy atom. The maximum atomic E-state index is 12.9. The normalized spacial score (nSPS) is 14.8. The lowest BCUT2D eigenvalue weighted by atomic mass is 9.96. The molecule has 10 nitrogen and oxygen atoms in total. The largest absolute Gasteiger partial charge is 0.467 e. The van der Waals surface area contributed by atoms with Crippen molar-refractivity contribution in [2.45, 2.75) is 45.8 Å². The van der Waals surface area contributed by atoms with Crippen molar-refractivity contribution in [3.05, 3.63) is 40.8 Å². The summed E-state index contributed by atoms with van der Waals surface area (Å²) in [5.41, 5.74) is 0.0833. The standard InChI is InChI=1S/C21H26N6O4S/c1-13(2)24-19(29)14-5-7-26(8-6-14)21-25-18-17(32-21)20(30)27(12-23-18)11-16(28)22-10-15-4-3-9-31-15/h3-4,9,12-14H,5-8,10-11H2,1-2H3,(H,22,28)(H,24,29). The molecule has 170 valence electrons. The fraction of sp³-hybridized carbons (Fsp3) is 0.476. The van der Waals surface area contributed by atoms with Crippen LogP contribution in [0, 0.1) is 5.92 Å². The molecule has 0 saturated carbocycles. The number of nitrogens with zero attached hydrogens (tertiary/aromatic N) is 4. The molecule has 4 heterocycles. The van der Waals surface area contributed by atoms with Gasteiger partial charge in [0.1, 0.15) is 23.3 Å². The molecule has 32 heavy (non-hydrogen) atoms. The van der Waals surface area contributed by atoms with Crippen LogP contribution < -0.4 is 21.1 Å². The molecule has 0 atom stereocenters. The summed E-state index contributed by atoms with van der Waals surface area (Å²) in [4.78, 5) is 48.2. The fourth-order valence-electron chi connectivity index (χ4n) is 3.63. The van der Waals surface area contributed by atoms with E-state index in [-0.39, 0.29) is 42.4 Å². The van der Waals surface area contributed by atoms with Crippen molar-refractivity contribution in [2.75, 3.05) is 18.0 Å². The van der Waals surface area contributed by atoms with Gasteiger partial charge in [-0.15, -0.1) is 0 Å². The molecule has 11 heteroatoms. The number of piperidine rings is 1. The SMILES string of the molecule is CC(C)NC(=O)C1CCN(c2nc3ncn(CC(=O)NCc4ccco4)c(=O)c3s2)CC1. The van der Waals surface area contributed by atoms with Crippen molar-refractivity contribution in [3.63, 3.8) is 0 Å². The summed E-state index contributed by atoms with van der Waals surface area (Å²) in [7, 11) is 0. The molecule has 1 saturated heterocycles. The molecule has 1 aliphatic heterocycles. The van der Waals surface area contributed by atoms with Crippen LogP contribution in [0.25, 0.3) is 10.3 Å². The van der Waals surface area contributed by atoms with E-state index in [9.17, 15) is 14.4 Å². The van der Waals surface area contributed by atoms with Crippen LogP contribution in [0.15, 0.2) is 33.9 Å². The van der Waals surface area contributed by atoms with Crippen molar-refractivity contribution in [3.8, 4) is 0 Å². The van der Waals surface area contributed by atoms with E-state index in [0.717, 1.165) is 12.8 Å². The molecule has 4 rings (SSSR count). The van der Waals surface area contributed by atoms with Gasteiger partial charge in [-0.1, -0.05) is 11.3 Å². The zero-order valence-corrected chi connectivity index (χ0v) is 18.9. The quantitative estimate of drug-likeness (QED) is 0.550. The summed E-state index contributed by atoms with van der Waals surface area (Å²) in [6.07, 6.45) is 4.36. The maximum absolute atomic E-state index is 12.9. The molecule has 0 aromatic carbocycles. The monoisotopic (exact) mass is 458 g/mol. The Bertz CT molecular complexity index is 1140. The van der Waals surface area contributed by atoms with Gasteiger partial charge in [0.25, 0.3) is 5.56 Å². The second-order valence-electron chi connectivity index (χ2n) is 8.11. The Balaban J connectivity index is 1.40. The fourth-order valence-corrected chi connectivity index (χ4v) is 4.65. The van der Waals surface area contributed by atoms with Gasteiger partial charge in [-0.2, -0.15) is 4.98 Å². The molecule has 0 radical (unpaired) electrons. The summed E-state index contributed by atoms with van der Waals surface area (Å²) in [6.45, 7) is 5.42. The number of furan rings is 1. The van der Waals surface area contributed by atoms with E-state index >= 15 is 0 Å². The lowest BCUT2D eigenvalue weighted by Crippen LogP contribution is -2.42. The molecule has 1 aliphatic rings. The van der Waals surface area contributed by atoms with Crippen LogP contribution in [-0.2, 0) is 22.7 Å². The maximum Gasteiger partial charge on any atom is 0.273 e. The van der Waals surface area contributed by atoms with Crippen LogP contribution in [0.4, 0.5) is 5.13 Å². The smallest absolute Gasteiger partial charge is 0.273 e. The number of carbonyl (C=O) groups excluding carboxylic acids is 2. The van der Waals surface area contributed by atoms with E-state index in [1.165, 1.54) is 28.5 Å². The van der Waals surface area contributed by atoms with Gasteiger partial charge in [-0.3, -0.25) is 19.0 Å². The lowest BCUT2D eigenvalue weighted by Gasteiger charge is -2.31. The average Bonchev–Trinajstić information content (AvgIpc) is 3.44. The van der Waals surface area contributed by atoms with Crippen molar-refractivity contribution in [1.29, 1.82) is 0 Å². The van der Waals surface area contributed by atoms with Crippen LogP contribution in [-0.4, -0.2) is 45.5 Å². The molecule has 0 aliphatic carbocycles. The highest BCUT2D eigenvalue weighted by Crippen LogP contribution is 2.29. The van der Waals surface area contributed by atoms with Crippen LogP contribution in [0.1, 0.15) is 32.4 Å². The first kappa shape index (κ1) is 22.0. The van der Waals surface area contributed by atoms with Gasteiger partial charge < -0.3 is 20.0 Å². The van der Waals surface area contributed by atoms with Crippen LogP contribution in [0.3, 0.4) is 0 Å². The van der Waals surface area contributed by atoms with Gasteiger partial charge in [-0.05, 0) is 38.8 Å². The zero-order chi connectivity index (χ0) is 22.7. The molecule has 2 amide bonds. The molecule has 0 bridgehead atoms. The molecule has 3 aromatic heterocycles. The molecular weight excluding hydrogens is 432 g/mol. The van der Waals surface area contributed by atoms with Crippen LogP contribution in [0.5, 0.6) is 0 Å². The number of aromatic nitrogens is 3. The predicted molar refractivity (Wildman–Crippen MR) is 120 cm³/mol. The van der Waals surface area contributed by atoms with E-state index in [0.29, 0.717) is 34.3 Å². The Kier molecular flexibility index (Phi) is 6.54. The average molecular weight is 459 g/mol. The number of thiazole rings is 1.